The van der Waals surface area contributed by atoms with Gasteiger partial charge in [-0.2, -0.15) is 0 Å². The van der Waals surface area contributed by atoms with Crippen LogP contribution in [0.25, 0.3) is 5.65 Å². The molecule has 1 fully saturated rings. The maximum atomic E-state index is 12.8. The first kappa shape index (κ1) is 15.1. The highest BCUT2D eigenvalue weighted by molar-refractivity contribution is 6.30. The van der Waals surface area contributed by atoms with Crippen LogP contribution in [0.5, 0.6) is 0 Å². The molecule has 7 heteroatoms. The molecule has 1 aliphatic rings. The Morgan fingerprint density at radius 3 is 3.08 bits per heavy atom. The highest BCUT2D eigenvalue weighted by Gasteiger charge is 2.26. The fraction of sp³-hybridized carbons (Fsp3) is 0.235. The molecule has 1 amide bonds. The Balaban J connectivity index is 1.55. The summed E-state index contributed by atoms with van der Waals surface area (Å²) in [5.74, 6) is -0.0269. The van der Waals surface area contributed by atoms with E-state index in [1.54, 1.807) is 34.0 Å². The maximum absolute atomic E-state index is 12.8. The summed E-state index contributed by atoms with van der Waals surface area (Å²) in [5, 5.41) is 8.44. The highest BCUT2D eigenvalue weighted by Crippen LogP contribution is 2.25. The third-order valence-corrected chi connectivity index (χ3v) is 4.35. The van der Waals surface area contributed by atoms with Crippen LogP contribution in [0.2, 0.25) is 5.02 Å². The number of nitrogens with zero attached hydrogens (tertiary/aromatic N) is 4. The average molecular weight is 343 g/mol. The van der Waals surface area contributed by atoms with E-state index in [0.29, 0.717) is 35.9 Å². The van der Waals surface area contributed by atoms with Crippen molar-refractivity contribution in [2.24, 2.45) is 0 Å². The molecule has 0 aliphatic carbocycles. The van der Waals surface area contributed by atoms with Gasteiger partial charge in [0.05, 0.1) is 18.7 Å². The number of rotatable bonds is 2. The minimum Gasteiger partial charge on any atom is -0.370 e. The molecule has 1 atom stereocenters. The van der Waals surface area contributed by atoms with Crippen molar-refractivity contribution in [2.75, 3.05) is 19.7 Å². The molecular formula is C17H15ClN4O2. The second-order valence-corrected chi connectivity index (χ2v) is 6.12. The Morgan fingerprint density at radius 2 is 2.21 bits per heavy atom. The van der Waals surface area contributed by atoms with Crippen molar-refractivity contribution in [3.05, 3.63) is 65.1 Å². The Kier molecular flexibility index (Phi) is 3.92. The van der Waals surface area contributed by atoms with E-state index < -0.39 is 0 Å². The van der Waals surface area contributed by atoms with Crippen molar-refractivity contribution in [1.82, 2.24) is 19.5 Å². The second kappa shape index (κ2) is 6.22. The fourth-order valence-corrected chi connectivity index (χ4v) is 3.08. The monoisotopic (exact) mass is 342 g/mol. The minimum absolute atomic E-state index is 0.0269. The predicted octanol–water partition coefficient (Wildman–Crippen LogP) is 2.60. The van der Waals surface area contributed by atoms with Gasteiger partial charge in [-0.15, -0.1) is 10.2 Å². The van der Waals surface area contributed by atoms with Gasteiger partial charge < -0.3 is 9.64 Å². The Bertz CT molecular complexity index is 895. The molecule has 0 radical (unpaired) electrons. The van der Waals surface area contributed by atoms with E-state index in [2.05, 4.69) is 10.2 Å². The van der Waals surface area contributed by atoms with Gasteiger partial charge in [0.15, 0.2) is 5.65 Å². The number of hydrogen-bond donors (Lipinski definition) is 0. The van der Waals surface area contributed by atoms with E-state index in [1.807, 2.05) is 24.3 Å². The quantitative estimate of drug-likeness (QED) is 0.718. The molecule has 122 valence electrons. The summed E-state index contributed by atoms with van der Waals surface area (Å²) in [6.07, 6.45) is 3.17. The topological polar surface area (TPSA) is 59.7 Å². The molecule has 0 spiro atoms. The number of benzene rings is 1. The highest BCUT2D eigenvalue weighted by atomic mass is 35.5. The third-order valence-electron chi connectivity index (χ3n) is 4.11. The van der Waals surface area contributed by atoms with Gasteiger partial charge in [0.2, 0.25) is 0 Å². The SMILES string of the molecule is O=C(c1ccc2nncn2c1)N1CCOC(c2cccc(Cl)c2)C1. The van der Waals surface area contributed by atoms with E-state index >= 15 is 0 Å². The average Bonchev–Trinajstić information content (AvgIpc) is 3.09. The lowest BCUT2D eigenvalue weighted by molar-refractivity contribution is -0.0228. The fourth-order valence-electron chi connectivity index (χ4n) is 2.88. The summed E-state index contributed by atoms with van der Waals surface area (Å²) < 4.78 is 7.55. The summed E-state index contributed by atoms with van der Waals surface area (Å²) in [5.41, 5.74) is 2.30. The first-order valence-electron chi connectivity index (χ1n) is 7.66. The van der Waals surface area contributed by atoms with Crippen molar-refractivity contribution >= 4 is 23.2 Å². The van der Waals surface area contributed by atoms with Gasteiger partial charge in [-0.25, -0.2) is 0 Å². The molecule has 1 aliphatic heterocycles. The van der Waals surface area contributed by atoms with E-state index in [1.165, 1.54) is 0 Å². The summed E-state index contributed by atoms with van der Waals surface area (Å²) in [4.78, 5) is 14.6. The van der Waals surface area contributed by atoms with Crippen LogP contribution in [0.4, 0.5) is 0 Å². The van der Waals surface area contributed by atoms with Crippen molar-refractivity contribution in [3.63, 3.8) is 0 Å². The molecule has 0 saturated carbocycles. The van der Waals surface area contributed by atoms with E-state index in [4.69, 9.17) is 16.3 Å². The molecule has 4 rings (SSSR count). The lowest BCUT2D eigenvalue weighted by Crippen LogP contribution is -2.42. The van der Waals surface area contributed by atoms with Gasteiger partial charge in [-0.05, 0) is 29.8 Å². The second-order valence-electron chi connectivity index (χ2n) is 5.68. The van der Waals surface area contributed by atoms with E-state index in [0.717, 1.165) is 5.56 Å². The lowest BCUT2D eigenvalue weighted by Gasteiger charge is -2.33. The smallest absolute Gasteiger partial charge is 0.255 e. The van der Waals surface area contributed by atoms with Crippen LogP contribution in [-0.2, 0) is 4.74 Å². The van der Waals surface area contributed by atoms with Gasteiger partial charge in [0.25, 0.3) is 5.91 Å². The van der Waals surface area contributed by atoms with Crippen molar-refractivity contribution in [1.29, 1.82) is 0 Å². The van der Waals surface area contributed by atoms with Crippen LogP contribution >= 0.6 is 11.6 Å². The van der Waals surface area contributed by atoms with Crippen LogP contribution in [0.15, 0.2) is 48.9 Å². The molecule has 0 N–H and O–H groups in total. The van der Waals surface area contributed by atoms with Crippen molar-refractivity contribution < 1.29 is 9.53 Å². The number of halogens is 1. The third kappa shape index (κ3) is 2.86. The Hall–Kier alpha value is -2.44. The number of amides is 1. The number of carbonyl (C=O) groups is 1. The Labute approximate surface area is 143 Å². The van der Waals surface area contributed by atoms with Gasteiger partial charge in [0.1, 0.15) is 12.4 Å². The zero-order valence-electron chi connectivity index (χ0n) is 12.8. The van der Waals surface area contributed by atoms with Gasteiger partial charge in [-0.3, -0.25) is 9.20 Å². The summed E-state index contributed by atoms with van der Waals surface area (Å²) in [6.45, 7) is 1.56. The summed E-state index contributed by atoms with van der Waals surface area (Å²) >= 11 is 6.05. The summed E-state index contributed by atoms with van der Waals surface area (Å²) in [6, 6.07) is 11.1. The van der Waals surface area contributed by atoms with Crippen LogP contribution in [0.1, 0.15) is 22.0 Å². The molecule has 1 saturated heterocycles. The molecule has 0 bridgehead atoms. The molecule has 3 heterocycles. The molecule has 1 unspecified atom stereocenters. The summed E-state index contributed by atoms with van der Waals surface area (Å²) in [7, 11) is 0. The van der Waals surface area contributed by atoms with Crippen LogP contribution in [0, 0.1) is 0 Å². The van der Waals surface area contributed by atoms with Crippen LogP contribution in [-0.4, -0.2) is 45.1 Å². The number of pyridine rings is 1. The van der Waals surface area contributed by atoms with Crippen molar-refractivity contribution in [2.45, 2.75) is 6.10 Å². The minimum atomic E-state index is -0.167. The van der Waals surface area contributed by atoms with Crippen LogP contribution in [0.3, 0.4) is 0 Å². The van der Waals surface area contributed by atoms with Gasteiger partial charge >= 0.3 is 0 Å². The zero-order valence-corrected chi connectivity index (χ0v) is 13.6. The number of hydrogen-bond acceptors (Lipinski definition) is 4. The molecule has 1 aromatic carbocycles. The van der Waals surface area contributed by atoms with E-state index in [-0.39, 0.29) is 12.0 Å². The maximum Gasteiger partial charge on any atom is 0.255 e. The van der Waals surface area contributed by atoms with Gasteiger partial charge in [-0.1, -0.05) is 23.7 Å². The molecular weight excluding hydrogens is 328 g/mol. The van der Waals surface area contributed by atoms with E-state index in [9.17, 15) is 4.79 Å². The number of aromatic nitrogens is 3. The van der Waals surface area contributed by atoms with Crippen molar-refractivity contribution in [3.8, 4) is 0 Å². The first-order valence-corrected chi connectivity index (χ1v) is 8.04. The number of fused-ring (bicyclic) bond motifs is 1. The standard InChI is InChI=1S/C17H15ClN4O2/c18-14-3-1-2-12(8-14)15-10-21(6-7-24-15)17(23)13-4-5-16-20-19-11-22(16)9-13/h1-5,8-9,11,15H,6-7,10H2. The molecule has 3 aromatic rings. The predicted molar refractivity (Wildman–Crippen MR) is 89.0 cm³/mol. The molecule has 24 heavy (non-hydrogen) atoms. The van der Waals surface area contributed by atoms with Gasteiger partial charge in [0, 0.05) is 17.8 Å². The van der Waals surface area contributed by atoms with Crippen LogP contribution < -0.4 is 0 Å². The lowest BCUT2D eigenvalue weighted by atomic mass is 10.1. The number of morpholine rings is 1. The first-order chi connectivity index (χ1) is 11.7. The zero-order chi connectivity index (χ0) is 16.5. The Morgan fingerprint density at radius 1 is 1.29 bits per heavy atom. The molecule has 6 nitrogen and oxygen atoms in total. The number of carbonyl (C=O) groups excluding carboxylic acids is 1. The molecule has 2 aromatic heterocycles. The number of ether oxygens (including phenoxy) is 1. The normalized spacial score (nSPS) is 18.0. The largest absolute Gasteiger partial charge is 0.370 e.